The lowest BCUT2D eigenvalue weighted by Gasteiger charge is -2.37. The van der Waals surface area contributed by atoms with E-state index in [1.807, 2.05) is 20.8 Å². The number of benzene rings is 1. The van der Waals surface area contributed by atoms with Gasteiger partial charge >= 0.3 is 6.09 Å². The van der Waals surface area contributed by atoms with Crippen LogP contribution in [-0.2, 0) is 14.8 Å². The zero-order valence-corrected chi connectivity index (χ0v) is 18.9. The molecule has 0 saturated carbocycles. The smallest absolute Gasteiger partial charge is 0.410 e. The maximum absolute atomic E-state index is 13.6. The fourth-order valence-electron chi connectivity index (χ4n) is 4.40. The molecule has 1 aromatic heterocycles. The van der Waals surface area contributed by atoms with Crippen molar-refractivity contribution < 1.29 is 17.9 Å². The standard InChI is InChI=1S/C21H26ClN3O4S/c1-21(2,3)29-20(26)25-9-5-7-15-12-24(13-17(15)25)30(27,28)18-8-4-6-14-10-23-11-16(22)19(14)18/h4,6,8,10-11,15,17H,5,7,9,12-13H2,1-3H3. The second-order valence-corrected chi connectivity index (χ2v) is 11.3. The van der Waals surface area contributed by atoms with Crippen molar-refractivity contribution in [3.63, 3.8) is 0 Å². The third-order valence-corrected chi connectivity index (χ3v) is 7.85. The highest BCUT2D eigenvalue weighted by Crippen LogP contribution is 2.37. The molecule has 0 spiro atoms. The normalized spacial score (nSPS) is 22.9. The molecule has 7 nitrogen and oxygen atoms in total. The summed E-state index contributed by atoms with van der Waals surface area (Å²) in [4.78, 5) is 18.6. The van der Waals surface area contributed by atoms with Crippen molar-refractivity contribution in [2.75, 3.05) is 19.6 Å². The van der Waals surface area contributed by atoms with Crippen LogP contribution in [0, 0.1) is 5.92 Å². The molecule has 2 atom stereocenters. The summed E-state index contributed by atoms with van der Waals surface area (Å²) in [5.41, 5.74) is -0.595. The summed E-state index contributed by atoms with van der Waals surface area (Å²) < 4.78 is 34.2. The summed E-state index contributed by atoms with van der Waals surface area (Å²) in [7, 11) is -3.79. The first-order valence-corrected chi connectivity index (χ1v) is 11.9. The molecule has 4 rings (SSSR count). The van der Waals surface area contributed by atoms with Gasteiger partial charge in [-0.2, -0.15) is 4.31 Å². The van der Waals surface area contributed by atoms with Crippen LogP contribution in [0.25, 0.3) is 10.8 Å². The Balaban J connectivity index is 1.64. The first-order valence-electron chi connectivity index (χ1n) is 10.1. The van der Waals surface area contributed by atoms with Gasteiger partial charge in [-0.25, -0.2) is 13.2 Å². The monoisotopic (exact) mass is 451 g/mol. The highest BCUT2D eigenvalue weighted by Gasteiger charge is 2.46. The van der Waals surface area contributed by atoms with Crippen LogP contribution < -0.4 is 0 Å². The first-order chi connectivity index (χ1) is 14.1. The Morgan fingerprint density at radius 2 is 2.00 bits per heavy atom. The van der Waals surface area contributed by atoms with Gasteiger partial charge in [0.2, 0.25) is 10.0 Å². The van der Waals surface area contributed by atoms with Gasteiger partial charge in [-0.05, 0) is 45.6 Å². The molecule has 2 saturated heterocycles. The molecule has 162 valence electrons. The molecule has 2 unspecified atom stereocenters. The number of pyridine rings is 1. The lowest BCUT2D eigenvalue weighted by Crippen LogP contribution is -2.50. The van der Waals surface area contributed by atoms with Crippen LogP contribution in [0.15, 0.2) is 35.5 Å². The van der Waals surface area contributed by atoms with Gasteiger partial charge in [0.25, 0.3) is 0 Å². The van der Waals surface area contributed by atoms with Gasteiger partial charge in [-0.15, -0.1) is 0 Å². The molecule has 0 N–H and O–H groups in total. The average Bonchev–Trinajstić information content (AvgIpc) is 3.11. The second kappa shape index (κ2) is 7.66. The first kappa shape index (κ1) is 21.3. The van der Waals surface area contributed by atoms with E-state index in [1.54, 1.807) is 29.3 Å². The van der Waals surface area contributed by atoms with E-state index in [0.717, 1.165) is 12.8 Å². The molecule has 0 radical (unpaired) electrons. The Labute approximate surface area is 182 Å². The molecule has 2 aromatic rings. The number of piperidine rings is 1. The molecule has 0 bridgehead atoms. The zero-order chi connectivity index (χ0) is 21.7. The average molecular weight is 452 g/mol. The van der Waals surface area contributed by atoms with E-state index in [0.29, 0.717) is 28.9 Å². The minimum absolute atomic E-state index is 0.0909. The number of amides is 1. The van der Waals surface area contributed by atoms with E-state index in [4.69, 9.17) is 16.3 Å². The number of hydrogen-bond acceptors (Lipinski definition) is 5. The molecule has 1 amide bonds. The SMILES string of the molecule is CC(C)(C)OC(=O)N1CCCC2CN(S(=O)(=O)c3cccc4cncc(Cl)c34)CC21. The predicted molar refractivity (Wildman–Crippen MR) is 115 cm³/mol. The van der Waals surface area contributed by atoms with Crippen LogP contribution in [0.4, 0.5) is 4.79 Å². The Hall–Kier alpha value is -1.90. The summed E-state index contributed by atoms with van der Waals surface area (Å²) in [6.07, 6.45) is 4.40. The third-order valence-electron chi connectivity index (χ3n) is 5.69. The minimum Gasteiger partial charge on any atom is -0.444 e. The number of nitrogens with zero attached hydrogens (tertiary/aromatic N) is 3. The van der Waals surface area contributed by atoms with E-state index in [9.17, 15) is 13.2 Å². The largest absolute Gasteiger partial charge is 0.444 e. The van der Waals surface area contributed by atoms with Crippen LogP contribution in [0.1, 0.15) is 33.6 Å². The van der Waals surface area contributed by atoms with E-state index >= 15 is 0 Å². The highest BCUT2D eigenvalue weighted by atomic mass is 35.5. The summed E-state index contributed by atoms with van der Waals surface area (Å²) >= 11 is 6.31. The lowest BCUT2D eigenvalue weighted by atomic mass is 9.92. The Kier molecular flexibility index (Phi) is 5.45. The quantitative estimate of drug-likeness (QED) is 0.691. The number of halogens is 1. The van der Waals surface area contributed by atoms with E-state index < -0.39 is 15.6 Å². The summed E-state index contributed by atoms with van der Waals surface area (Å²) in [6, 6.07) is 4.89. The van der Waals surface area contributed by atoms with Crippen molar-refractivity contribution >= 4 is 38.5 Å². The minimum atomic E-state index is -3.79. The Bertz CT molecular complexity index is 1080. The maximum Gasteiger partial charge on any atom is 0.410 e. The molecule has 1 aromatic carbocycles. The van der Waals surface area contributed by atoms with Crippen LogP contribution >= 0.6 is 11.6 Å². The van der Waals surface area contributed by atoms with Crippen molar-refractivity contribution in [3.05, 3.63) is 35.6 Å². The van der Waals surface area contributed by atoms with Gasteiger partial charge < -0.3 is 9.64 Å². The summed E-state index contributed by atoms with van der Waals surface area (Å²) in [5, 5.41) is 1.46. The van der Waals surface area contributed by atoms with Crippen molar-refractivity contribution in [1.82, 2.24) is 14.2 Å². The van der Waals surface area contributed by atoms with Gasteiger partial charge in [0.15, 0.2) is 0 Å². The highest BCUT2D eigenvalue weighted by molar-refractivity contribution is 7.89. The molecule has 0 aliphatic carbocycles. The number of carbonyl (C=O) groups excluding carboxylic acids is 1. The number of likely N-dealkylation sites (tertiary alicyclic amines) is 1. The fourth-order valence-corrected chi connectivity index (χ4v) is 6.47. The van der Waals surface area contributed by atoms with Crippen molar-refractivity contribution in [2.24, 2.45) is 5.92 Å². The van der Waals surface area contributed by atoms with Crippen LogP contribution in [0.2, 0.25) is 5.02 Å². The number of aromatic nitrogens is 1. The van der Waals surface area contributed by atoms with Crippen molar-refractivity contribution in [1.29, 1.82) is 0 Å². The number of hydrogen-bond donors (Lipinski definition) is 0. The molecular weight excluding hydrogens is 426 g/mol. The maximum atomic E-state index is 13.6. The summed E-state index contributed by atoms with van der Waals surface area (Å²) in [5.74, 6) is 0.0909. The molecule has 3 heterocycles. The number of rotatable bonds is 2. The van der Waals surface area contributed by atoms with Gasteiger partial charge in [0.05, 0.1) is 16.0 Å². The van der Waals surface area contributed by atoms with E-state index in [-0.39, 0.29) is 29.5 Å². The number of ether oxygens (including phenoxy) is 1. The van der Waals surface area contributed by atoms with Crippen molar-refractivity contribution in [3.8, 4) is 0 Å². The van der Waals surface area contributed by atoms with Crippen molar-refractivity contribution in [2.45, 2.75) is 50.2 Å². The molecule has 2 fully saturated rings. The Morgan fingerprint density at radius 3 is 2.73 bits per heavy atom. The number of fused-ring (bicyclic) bond motifs is 2. The Morgan fingerprint density at radius 1 is 1.23 bits per heavy atom. The lowest BCUT2D eigenvalue weighted by molar-refractivity contribution is 0.00643. The van der Waals surface area contributed by atoms with Gasteiger partial charge in [0, 0.05) is 42.8 Å². The second-order valence-electron chi connectivity index (χ2n) is 8.94. The van der Waals surface area contributed by atoms with Crippen LogP contribution in [-0.4, -0.2) is 60.0 Å². The third kappa shape index (κ3) is 3.88. The van der Waals surface area contributed by atoms with Crippen LogP contribution in [0.5, 0.6) is 0 Å². The van der Waals surface area contributed by atoms with Gasteiger partial charge in [0.1, 0.15) is 5.60 Å². The van der Waals surface area contributed by atoms with Crippen LogP contribution in [0.3, 0.4) is 0 Å². The van der Waals surface area contributed by atoms with E-state index in [2.05, 4.69) is 4.98 Å². The molecule has 30 heavy (non-hydrogen) atoms. The van der Waals surface area contributed by atoms with Gasteiger partial charge in [-0.1, -0.05) is 23.7 Å². The molecule has 2 aliphatic heterocycles. The zero-order valence-electron chi connectivity index (χ0n) is 17.3. The molecular formula is C21H26ClN3O4S. The number of sulfonamides is 1. The summed E-state index contributed by atoms with van der Waals surface area (Å²) in [6.45, 7) is 6.71. The topological polar surface area (TPSA) is 79.8 Å². The van der Waals surface area contributed by atoms with Gasteiger partial charge in [-0.3, -0.25) is 4.98 Å². The molecule has 2 aliphatic rings. The fraction of sp³-hybridized carbons (Fsp3) is 0.524. The molecule has 9 heteroatoms. The number of carbonyl (C=O) groups is 1. The van der Waals surface area contributed by atoms with E-state index in [1.165, 1.54) is 10.5 Å². The predicted octanol–water partition coefficient (Wildman–Crippen LogP) is 3.91.